The van der Waals surface area contributed by atoms with E-state index in [2.05, 4.69) is 16.0 Å². The van der Waals surface area contributed by atoms with E-state index in [1.807, 2.05) is 0 Å². The number of fused-ring (bicyclic) bond motifs is 2. The third-order valence-electron chi connectivity index (χ3n) is 8.83. The Bertz CT molecular complexity index is 1970. The zero-order valence-electron chi connectivity index (χ0n) is 24.4. The number of nitrogens with one attached hydrogen (secondary N) is 3. The van der Waals surface area contributed by atoms with E-state index in [0.717, 1.165) is 12.8 Å². The summed E-state index contributed by atoms with van der Waals surface area (Å²) in [6.45, 7) is -0.221. The van der Waals surface area contributed by atoms with E-state index < -0.39 is 35.1 Å². The van der Waals surface area contributed by atoms with Gasteiger partial charge in [-0.25, -0.2) is 9.59 Å². The number of barbiturate groups is 1. The molecule has 2 aromatic carbocycles. The predicted octanol–water partition coefficient (Wildman–Crippen LogP) is 4.07. The van der Waals surface area contributed by atoms with Crippen LogP contribution in [0.15, 0.2) is 76.0 Å². The minimum absolute atomic E-state index is 0.0237. The molecule has 0 radical (unpaired) electrons. The lowest BCUT2D eigenvalue weighted by molar-refractivity contribution is -0.148. The molecule has 12 heteroatoms. The van der Waals surface area contributed by atoms with Crippen LogP contribution in [0.2, 0.25) is 0 Å². The number of aromatic hydroxyl groups is 1. The molecule has 0 spiro atoms. The number of carbonyl (C=O) groups excluding carboxylic acids is 4. The number of allylic oxidation sites excluding steroid dienone is 1. The molecule has 234 valence electrons. The van der Waals surface area contributed by atoms with Crippen LogP contribution in [0.3, 0.4) is 0 Å². The third kappa shape index (κ3) is 5.27. The van der Waals surface area contributed by atoms with Crippen molar-refractivity contribution in [3.05, 3.63) is 88.1 Å². The number of hydrogen-bond donors (Lipinski definition) is 5. The van der Waals surface area contributed by atoms with Crippen LogP contribution in [0.25, 0.3) is 33.4 Å². The normalized spacial score (nSPS) is 16.6. The van der Waals surface area contributed by atoms with Gasteiger partial charge in [0.15, 0.2) is 5.43 Å². The molecule has 4 aliphatic rings. The van der Waals surface area contributed by atoms with Gasteiger partial charge in [-0.2, -0.15) is 0 Å². The van der Waals surface area contributed by atoms with E-state index in [1.54, 1.807) is 30.3 Å². The highest BCUT2D eigenvalue weighted by molar-refractivity contribution is 6.19. The summed E-state index contributed by atoms with van der Waals surface area (Å²) in [6, 6.07) is 12.7. The van der Waals surface area contributed by atoms with Crippen LogP contribution in [-0.2, 0) is 20.9 Å². The summed E-state index contributed by atoms with van der Waals surface area (Å²) in [5.74, 6) is -3.45. The summed E-state index contributed by atoms with van der Waals surface area (Å²) in [6.07, 6.45) is 5.47. The van der Waals surface area contributed by atoms with Gasteiger partial charge in [-0.05, 0) is 67.2 Å². The fourth-order valence-electron chi connectivity index (χ4n) is 6.62. The minimum atomic E-state index is -1.52. The smallest absolute Gasteiger partial charge is 0.336 e. The number of phenolic OH excluding ortho intramolecular Hbond substituents is 1. The van der Waals surface area contributed by atoms with Gasteiger partial charge in [-0.1, -0.05) is 37.1 Å². The standard InChI is InChI=1S/C34H29N3O9/c38-19-11-12-22-26(16-19)46-29-23(28(22)20-8-3-4-9-21(20)30(41)42)13-14-25(39)24(29)17-35-27(40)10-5-15-34(18-6-1-2-7-18)31(43)36-33(45)37-32(34)44/h3-5,8-14,16,18,39H,1-2,6-7,15,17H2,(H,35,40)(H,41,42)(H2,36,37,43,44,45). The van der Waals surface area contributed by atoms with E-state index in [-0.39, 0.29) is 52.5 Å². The van der Waals surface area contributed by atoms with Crippen molar-refractivity contribution in [3.63, 3.8) is 0 Å². The molecule has 2 aliphatic carbocycles. The molecule has 6 rings (SSSR count). The fraction of sp³-hybridized carbons (Fsp3) is 0.235. The topological polar surface area (TPSA) is 192 Å². The lowest BCUT2D eigenvalue weighted by Gasteiger charge is -2.37. The third-order valence-corrected chi connectivity index (χ3v) is 8.83. The van der Waals surface area contributed by atoms with E-state index in [9.17, 15) is 39.0 Å². The Morgan fingerprint density at radius 1 is 0.957 bits per heavy atom. The van der Waals surface area contributed by atoms with Crippen LogP contribution in [0, 0.1) is 11.3 Å². The second-order valence-corrected chi connectivity index (χ2v) is 11.4. The molecule has 2 heterocycles. The number of hydrogen-bond acceptors (Lipinski definition) is 8. The van der Waals surface area contributed by atoms with E-state index in [1.165, 1.54) is 36.4 Å². The molecule has 0 atom stereocenters. The molecule has 2 aromatic rings. The summed E-state index contributed by atoms with van der Waals surface area (Å²) in [5, 5.41) is 28.2. The maximum absolute atomic E-state index is 13.0. The quantitative estimate of drug-likeness (QED) is 0.109. The predicted molar refractivity (Wildman–Crippen MR) is 165 cm³/mol. The summed E-state index contributed by atoms with van der Waals surface area (Å²) in [7, 11) is 0. The van der Waals surface area contributed by atoms with Crippen LogP contribution < -0.4 is 21.4 Å². The minimum Gasteiger partial charge on any atom is -0.507 e. The Morgan fingerprint density at radius 3 is 2.39 bits per heavy atom. The first kappa shape index (κ1) is 30.3. The Balaban J connectivity index is 1.33. The molecule has 1 saturated heterocycles. The fourth-order valence-corrected chi connectivity index (χ4v) is 6.62. The number of benzene rings is 3. The first-order chi connectivity index (χ1) is 22.1. The molecule has 1 saturated carbocycles. The van der Waals surface area contributed by atoms with Crippen LogP contribution in [0.4, 0.5) is 4.79 Å². The van der Waals surface area contributed by atoms with Gasteiger partial charge in [-0.3, -0.25) is 29.8 Å². The molecule has 12 nitrogen and oxygen atoms in total. The van der Waals surface area contributed by atoms with Crippen molar-refractivity contribution in [2.24, 2.45) is 11.3 Å². The van der Waals surface area contributed by atoms with Crippen molar-refractivity contribution >= 4 is 40.7 Å². The van der Waals surface area contributed by atoms with Crippen molar-refractivity contribution in [1.82, 2.24) is 16.0 Å². The number of aromatic carboxylic acids is 1. The molecule has 0 bridgehead atoms. The maximum Gasteiger partial charge on any atom is 0.336 e. The monoisotopic (exact) mass is 623 g/mol. The van der Waals surface area contributed by atoms with Gasteiger partial charge >= 0.3 is 12.0 Å². The van der Waals surface area contributed by atoms with Gasteiger partial charge < -0.3 is 19.9 Å². The van der Waals surface area contributed by atoms with Crippen molar-refractivity contribution in [2.75, 3.05) is 0 Å². The van der Waals surface area contributed by atoms with E-state index >= 15 is 0 Å². The van der Waals surface area contributed by atoms with Crippen LogP contribution in [0.1, 0.15) is 48.0 Å². The Labute approximate surface area is 261 Å². The van der Waals surface area contributed by atoms with Crippen LogP contribution in [-0.4, -0.2) is 39.9 Å². The highest BCUT2D eigenvalue weighted by atomic mass is 16.4. The van der Waals surface area contributed by atoms with Crippen molar-refractivity contribution in [3.8, 4) is 28.2 Å². The number of carbonyl (C=O) groups is 5. The summed E-state index contributed by atoms with van der Waals surface area (Å²) in [5.41, 5.74) is -0.186. The molecular formula is C34H29N3O9. The summed E-state index contributed by atoms with van der Waals surface area (Å²) >= 11 is 0. The Hall–Kier alpha value is -5.78. The lowest BCUT2D eigenvalue weighted by atomic mass is 9.69. The van der Waals surface area contributed by atoms with Gasteiger partial charge in [0.25, 0.3) is 0 Å². The molecule has 5 N–H and O–H groups in total. The van der Waals surface area contributed by atoms with Gasteiger partial charge in [0.05, 0.1) is 17.7 Å². The second kappa shape index (κ2) is 12.0. The van der Waals surface area contributed by atoms with Crippen LogP contribution >= 0.6 is 0 Å². The Kier molecular flexibility index (Phi) is 7.86. The lowest BCUT2D eigenvalue weighted by Crippen LogP contribution is -2.64. The Morgan fingerprint density at radius 2 is 1.67 bits per heavy atom. The number of imide groups is 2. The number of urea groups is 1. The number of rotatable bonds is 8. The molecule has 2 aliphatic heterocycles. The van der Waals surface area contributed by atoms with E-state index in [0.29, 0.717) is 34.9 Å². The molecule has 2 fully saturated rings. The molecule has 0 aromatic heterocycles. The van der Waals surface area contributed by atoms with Gasteiger partial charge in [-0.15, -0.1) is 0 Å². The molecule has 5 amide bonds. The molecule has 46 heavy (non-hydrogen) atoms. The number of carboxylic acids is 1. The average molecular weight is 624 g/mol. The largest absolute Gasteiger partial charge is 0.507 e. The van der Waals surface area contributed by atoms with Gasteiger partial charge in [0.1, 0.15) is 22.5 Å². The highest BCUT2D eigenvalue weighted by Crippen LogP contribution is 2.45. The number of carboxylic acid groups (broad SMARTS) is 1. The SMILES string of the molecule is O=C(C=CCC1(C2CCCC2)C(=O)NC(=O)NC1=O)NCc1c(O)ccc2c(-c3ccccc3C(=O)O)c3ccc(=O)cc-3oc12. The first-order valence-corrected chi connectivity index (χ1v) is 14.8. The molecular weight excluding hydrogens is 594 g/mol. The van der Waals surface area contributed by atoms with E-state index in [4.69, 9.17) is 4.42 Å². The maximum atomic E-state index is 13.0. The zero-order chi connectivity index (χ0) is 32.6. The van der Waals surface area contributed by atoms with Crippen molar-refractivity contribution < 1.29 is 38.6 Å². The van der Waals surface area contributed by atoms with Crippen molar-refractivity contribution in [1.29, 1.82) is 0 Å². The number of phenols is 1. The van der Waals surface area contributed by atoms with Crippen molar-refractivity contribution in [2.45, 2.75) is 38.6 Å². The molecule has 0 unspecified atom stereocenters. The second-order valence-electron chi connectivity index (χ2n) is 11.4. The first-order valence-electron chi connectivity index (χ1n) is 14.8. The van der Waals surface area contributed by atoms with Gasteiger partial charge in [0.2, 0.25) is 17.7 Å². The zero-order valence-corrected chi connectivity index (χ0v) is 24.4. The average Bonchev–Trinajstić information content (AvgIpc) is 3.56. The van der Waals surface area contributed by atoms with Gasteiger partial charge in [0, 0.05) is 22.6 Å². The summed E-state index contributed by atoms with van der Waals surface area (Å²) < 4.78 is 6.10. The van der Waals surface area contributed by atoms with Crippen LogP contribution in [0.5, 0.6) is 5.75 Å². The highest BCUT2D eigenvalue weighted by Gasteiger charge is 2.55. The summed E-state index contributed by atoms with van der Waals surface area (Å²) in [4.78, 5) is 75.0. The number of amides is 5.